The number of aromatic nitrogens is 1. The van der Waals surface area contributed by atoms with E-state index in [2.05, 4.69) is 18.8 Å². The quantitative estimate of drug-likeness (QED) is 0.473. The maximum atomic E-state index is 12.5. The largest absolute Gasteiger partial charge is 0.338 e. The Balaban J connectivity index is 2.23. The summed E-state index contributed by atoms with van der Waals surface area (Å²) in [4.78, 5) is 28.2. The molecule has 0 saturated carbocycles. The first-order valence-corrected chi connectivity index (χ1v) is 7.90. The van der Waals surface area contributed by atoms with Gasteiger partial charge in [-0.3, -0.25) is 14.9 Å². The highest BCUT2D eigenvalue weighted by Gasteiger charge is 2.28. The summed E-state index contributed by atoms with van der Waals surface area (Å²) in [6.45, 7) is 5.50. The molecule has 1 saturated heterocycles. The van der Waals surface area contributed by atoms with E-state index in [-0.39, 0.29) is 27.1 Å². The Hall–Kier alpha value is -1.34. The van der Waals surface area contributed by atoms with Crippen molar-refractivity contribution in [3.8, 4) is 0 Å². The molecular weight excluding hydrogens is 314 g/mol. The highest BCUT2D eigenvalue weighted by atomic mass is 35.5. The van der Waals surface area contributed by atoms with Crippen LogP contribution in [0.5, 0.6) is 0 Å². The van der Waals surface area contributed by atoms with Crippen molar-refractivity contribution in [3.05, 3.63) is 33.1 Å². The maximum Gasteiger partial charge on any atom is 0.288 e. The first-order valence-electron chi connectivity index (χ1n) is 6.53. The molecule has 0 unspecified atom stereocenters. The molecular formula is C13H16ClN3O3S. The predicted molar refractivity (Wildman–Crippen MR) is 83.0 cm³/mol. The van der Waals surface area contributed by atoms with Gasteiger partial charge >= 0.3 is 0 Å². The summed E-state index contributed by atoms with van der Waals surface area (Å²) >= 11 is 7.74. The minimum atomic E-state index is -0.582. The van der Waals surface area contributed by atoms with Crippen LogP contribution in [0, 0.1) is 10.1 Å². The van der Waals surface area contributed by atoms with Gasteiger partial charge in [0.1, 0.15) is 11.3 Å². The first kappa shape index (κ1) is 16.0. The van der Waals surface area contributed by atoms with Crippen molar-refractivity contribution in [1.29, 1.82) is 0 Å². The summed E-state index contributed by atoms with van der Waals surface area (Å²) in [5.74, 6) is 0.535. The lowest BCUT2D eigenvalue weighted by molar-refractivity contribution is -0.385. The molecule has 0 aliphatic carbocycles. The number of rotatable bonds is 2. The zero-order chi connectivity index (χ0) is 15.6. The SMILES string of the molecule is CC1(C)CCN(C(=O)c2cc([N+](=O)[O-])cnc2Cl)CCS1. The molecule has 21 heavy (non-hydrogen) atoms. The summed E-state index contributed by atoms with van der Waals surface area (Å²) < 4.78 is 0.125. The second-order valence-corrected chi connectivity index (χ2v) is 7.60. The first-order chi connectivity index (χ1) is 9.80. The van der Waals surface area contributed by atoms with Crippen LogP contribution in [0.15, 0.2) is 12.3 Å². The second-order valence-electron chi connectivity index (χ2n) is 5.44. The molecule has 6 nitrogen and oxygen atoms in total. The van der Waals surface area contributed by atoms with Crippen LogP contribution in [0.1, 0.15) is 30.6 Å². The van der Waals surface area contributed by atoms with E-state index in [9.17, 15) is 14.9 Å². The van der Waals surface area contributed by atoms with Crippen LogP contribution < -0.4 is 0 Å². The van der Waals surface area contributed by atoms with E-state index in [0.29, 0.717) is 13.1 Å². The number of halogens is 1. The molecule has 1 aliphatic rings. The van der Waals surface area contributed by atoms with Crippen molar-refractivity contribution in [2.75, 3.05) is 18.8 Å². The summed E-state index contributed by atoms with van der Waals surface area (Å²) in [7, 11) is 0. The standard InChI is InChI=1S/C13H16ClN3O3S/c1-13(2)3-4-16(5-6-21-13)12(18)10-7-9(17(19)20)8-15-11(10)14/h7-8H,3-6H2,1-2H3. The molecule has 1 aliphatic heterocycles. The summed E-state index contributed by atoms with van der Waals surface area (Å²) in [6.07, 6.45) is 1.92. The molecule has 0 atom stereocenters. The van der Waals surface area contributed by atoms with E-state index < -0.39 is 4.92 Å². The van der Waals surface area contributed by atoms with Crippen molar-refractivity contribution in [3.63, 3.8) is 0 Å². The summed E-state index contributed by atoms with van der Waals surface area (Å²) in [5.41, 5.74) is -0.136. The average Bonchev–Trinajstić information content (AvgIpc) is 2.59. The molecule has 8 heteroatoms. The van der Waals surface area contributed by atoms with E-state index in [1.165, 1.54) is 6.07 Å². The zero-order valence-electron chi connectivity index (χ0n) is 11.8. The van der Waals surface area contributed by atoms with Crippen LogP contribution in [0.25, 0.3) is 0 Å². The molecule has 1 aromatic heterocycles. The second kappa shape index (κ2) is 6.19. The van der Waals surface area contributed by atoms with Gasteiger partial charge in [0.2, 0.25) is 0 Å². The van der Waals surface area contributed by atoms with Crippen LogP contribution in [0.4, 0.5) is 5.69 Å². The van der Waals surface area contributed by atoms with Gasteiger partial charge < -0.3 is 4.90 Å². The summed E-state index contributed by atoms with van der Waals surface area (Å²) in [6, 6.07) is 1.20. The van der Waals surface area contributed by atoms with Crippen LogP contribution in [-0.2, 0) is 0 Å². The van der Waals surface area contributed by atoms with Gasteiger partial charge in [0.25, 0.3) is 11.6 Å². The number of pyridine rings is 1. The molecule has 0 bridgehead atoms. The third kappa shape index (κ3) is 3.85. The van der Waals surface area contributed by atoms with Crippen LogP contribution in [0.3, 0.4) is 0 Å². The third-order valence-corrected chi connectivity index (χ3v) is 5.06. The molecule has 2 heterocycles. The molecule has 0 N–H and O–H groups in total. The molecule has 0 spiro atoms. The number of thioether (sulfide) groups is 1. The number of carbonyl (C=O) groups excluding carboxylic acids is 1. The minimum absolute atomic E-state index is 0.00163. The Morgan fingerprint density at radius 3 is 2.90 bits per heavy atom. The molecule has 114 valence electrons. The summed E-state index contributed by atoms with van der Waals surface area (Å²) in [5, 5.41) is 10.8. The number of nitro groups is 1. The normalized spacial score (nSPS) is 18.1. The highest BCUT2D eigenvalue weighted by molar-refractivity contribution is 8.00. The van der Waals surface area contributed by atoms with Crippen molar-refractivity contribution in [1.82, 2.24) is 9.88 Å². The van der Waals surface area contributed by atoms with E-state index in [1.807, 2.05) is 11.8 Å². The molecule has 1 aromatic rings. The fraction of sp³-hybridized carbons (Fsp3) is 0.538. The van der Waals surface area contributed by atoms with Gasteiger partial charge in [-0.2, -0.15) is 11.8 Å². The lowest BCUT2D eigenvalue weighted by atomic mass is 10.1. The van der Waals surface area contributed by atoms with Gasteiger partial charge in [0, 0.05) is 29.7 Å². The zero-order valence-corrected chi connectivity index (χ0v) is 13.4. The Bertz CT molecular complexity index is 580. The molecule has 0 radical (unpaired) electrons. The topological polar surface area (TPSA) is 76.3 Å². The van der Waals surface area contributed by atoms with Crippen LogP contribution in [0.2, 0.25) is 5.15 Å². The van der Waals surface area contributed by atoms with Gasteiger partial charge in [-0.1, -0.05) is 25.4 Å². The van der Waals surface area contributed by atoms with Gasteiger partial charge in [0.15, 0.2) is 0 Å². The number of amides is 1. The lowest BCUT2D eigenvalue weighted by Crippen LogP contribution is -2.34. The van der Waals surface area contributed by atoms with Crippen molar-refractivity contribution in [2.24, 2.45) is 0 Å². The van der Waals surface area contributed by atoms with E-state index in [4.69, 9.17) is 11.6 Å². The van der Waals surface area contributed by atoms with Crippen molar-refractivity contribution < 1.29 is 9.72 Å². The predicted octanol–water partition coefficient (Wildman–Crippen LogP) is 3.00. The molecule has 0 aromatic carbocycles. The number of hydrogen-bond donors (Lipinski definition) is 0. The van der Waals surface area contributed by atoms with Crippen molar-refractivity contribution >= 4 is 35.0 Å². The Morgan fingerprint density at radius 1 is 1.52 bits per heavy atom. The molecule has 1 amide bonds. The van der Waals surface area contributed by atoms with Gasteiger partial charge in [-0.15, -0.1) is 0 Å². The monoisotopic (exact) mass is 329 g/mol. The molecule has 2 rings (SSSR count). The van der Waals surface area contributed by atoms with Crippen molar-refractivity contribution in [2.45, 2.75) is 25.0 Å². The lowest BCUT2D eigenvalue weighted by Gasteiger charge is -2.22. The fourth-order valence-corrected chi connectivity index (χ4v) is 3.36. The maximum absolute atomic E-state index is 12.5. The highest BCUT2D eigenvalue weighted by Crippen LogP contribution is 2.31. The van der Waals surface area contributed by atoms with Gasteiger partial charge in [-0.25, -0.2) is 4.98 Å². The Labute approximate surface area is 132 Å². The van der Waals surface area contributed by atoms with Crippen LogP contribution >= 0.6 is 23.4 Å². The number of carbonyl (C=O) groups is 1. The van der Waals surface area contributed by atoms with E-state index in [0.717, 1.165) is 18.4 Å². The number of hydrogen-bond acceptors (Lipinski definition) is 5. The van der Waals surface area contributed by atoms with Crippen LogP contribution in [-0.4, -0.2) is 44.3 Å². The van der Waals surface area contributed by atoms with Gasteiger partial charge in [-0.05, 0) is 6.42 Å². The van der Waals surface area contributed by atoms with Gasteiger partial charge in [0.05, 0.1) is 10.5 Å². The molecule has 1 fully saturated rings. The minimum Gasteiger partial charge on any atom is -0.338 e. The smallest absolute Gasteiger partial charge is 0.288 e. The van der Waals surface area contributed by atoms with E-state index >= 15 is 0 Å². The number of nitrogens with zero attached hydrogens (tertiary/aromatic N) is 3. The fourth-order valence-electron chi connectivity index (χ4n) is 2.08. The van der Waals surface area contributed by atoms with E-state index in [1.54, 1.807) is 4.90 Å². The average molecular weight is 330 g/mol. The Kier molecular flexibility index (Phi) is 4.73. The Morgan fingerprint density at radius 2 is 2.24 bits per heavy atom. The third-order valence-electron chi connectivity index (χ3n) is 3.39.